The second kappa shape index (κ2) is 10.6. The highest BCUT2D eigenvalue weighted by Crippen LogP contribution is 2.24. The molecule has 1 N–H and O–H groups in total. The molecule has 0 atom stereocenters. The highest BCUT2D eigenvalue weighted by Gasteiger charge is 2.23. The number of carbonyl (C=O) groups excluding carboxylic acids is 2. The average molecular weight is 454 g/mol. The van der Waals surface area contributed by atoms with Gasteiger partial charge in [0, 0.05) is 18.7 Å². The van der Waals surface area contributed by atoms with Crippen LogP contribution in [0.5, 0.6) is 0 Å². The van der Waals surface area contributed by atoms with Crippen molar-refractivity contribution in [1.29, 1.82) is 0 Å². The lowest BCUT2D eigenvalue weighted by molar-refractivity contribution is 0.0531. The minimum atomic E-state index is -3.60. The second-order valence-corrected chi connectivity index (χ2v) is 9.47. The molecular weight excluding hydrogens is 426 g/mol. The summed E-state index contributed by atoms with van der Waals surface area (Å²) in [6.45, 7) is 8.38. The number of carbonyl (C=O) groups is 2. The molecule has 8 nitrogen and oxygen atoms in total. The summed E-state index contributed by atoms with van der Waals surface area (Å²) in [7, 11) is -3.60. The van der Waals surface area contributed by atoms with Crippen molar-refractivity contribution >= 4 is 38.4 Å². The van der Waals surface area contributed by atoms with Gasteiger partial charge in [-0.15, -0.1) is 0 Å². The second-order valence-electron chi connectivity index (χ2n) is 6.54. The molecule has 0 saturated heterocycles. The molecular formula is C20H27N3O5S2. The van der Waals surface area contributed by atoms with Crippen LogP contribution in [0, 0.1) is 6.92 Å². The quantitative estimate of drug-likeness (QED) is 0.550. The Morgan fingerprint density at radius 2 is 1.70 bits per heavy atom. The minimum absolute atomic E-state index is 0.149. The monoisotopic (exact) mass is 453 g/mol. The number of esters is 1. The Balaban J connectivity index is 2.16. The van der Waals surface area contributed by atoms with Crippen LogP contribution in [0.4, 0.5) is 5.13 Å². The highest BCUT2D eigenvalue weighted by molar-refractivity contribution is 7.89. The first-order valence-corrected chi connectivity index (χ1v) is 12.1. The normalized spacial score (nSPS) is 11.5. The van der Waals surface area contributed by atoms with Gasteiger partial charge in [0.2, 0.25) is 10.0 Å². The van der Waals surface area contributed by atoms with Crippen LogP contribution in [-0.2, 0) is 14.8 Å². The number of nitrogens with zero attached hydrogens (tertiary/aromatic N) is 2. The Bertz CT molecular complexity index is 978. The number of hydrogen-bond acceptors (Lipinski definition) is 7. The van der Waals surface area contributed by atoms with E-state index in [-0.39, 0.29) is 22.2 Å². The van der Waals surface area contributed by atoms with E-state index in [9.17, 15) is 18.0 Å². The van der Waals surface area contributed by atoms with Crippen LogP contribution in [0.1, 0.15) is 59.3 Å². The van der Waals surface area contributed by atoms with Gasteiger partial charge in [-0.3, -0.25) is 10.1 Å². The molecule has 0 aliphatic heterocycles. The number of hydrogen-bond donors (Lipinski definition) is 1. The van der Waals surface area contributed by atoms with Crippen molar-refractivity contribution < 1.29 is 22.7 Å². The van der Waals surface area contributed by atoms with Gasteiger partial charge in [0.25, 0.3) is 5.91 Å². The predicted octanol–water partition coefficient (Wildman–Crippen LogP) is 3.69. The number of rotatable bonds is 10. The van der Waals surface area contributed by atoms with Crippen molar-refractivity contribution in [2.24, 2.45) is 0 Å². The van der Waals surface area contributed by atoms with Crippen LogP contribution in [-0.4, -0.2) is 49.3 Å². The Morgan fingerprint density at radius 3 is 2.23 bits per heavy atom. The fourth-order valence-electron chi connectivity index (χ4n) is 2.78. The van der Waals surface area contributed by atoms with Crippen LogP contribution in [0.25, 0.3) is 0 Å². The fourth-order valence-corrected chi connectivity index (χ4v) is 5.26. The Hall–Kier alpha value is -2.30. The third-order valence-electron chi connectivity index (χ3n) is 4.18. The van der Waals surface area contributed by atoms with E-state index in [1.165, 1.54) is 28.6 Å². The summed E-state index contributed by atoms with van der Waals surface area (Å²) in [4.78, 5) is 29.1. The molecule has 0 radical (unpaired) electrons. The molecule has 0 bridgehead atoms. The van der Waals surface area contributed by atoms with Gasteiger partial charge in [0.05, 0.1) is 17.2 Å². The SMILES string of the molecule is CCCN(CCC)S(=O)(=O)c1ccc(C(=O)Nc2nc(C)c(C(=O)OCC)s2)cc1. The van der Waals surface area contributed by atoms with Gasteiger partial charge in [0.1, 0.15) is 4.88 Å². The Kier molecular flexibility index (Phi) is 8.51. The predicted molar refractivity (Wildman–Crippen MR) is 117 cm³/mol. The third-order valence-corrected chi connectivity index (χ3v) is 7.14. The van der Waals surface area contributed by atoms with Gasteiger partial charge in [-0.25, -0.2) is 18.2 Å². The lowest BCUT2D eigenvalue weighted by Gasteiger charge is -2.21. The zero-order chi connectivity index (χ0) is 22.3. The molecule has 164 valence electrons. The summed E-state index contributed by atoms with van der Waals surface area (Å²) >= 11 is 1.03. The largest absolute Gasteiger partial charge is 0.462 e. The number of aromatic nitrogens is 1. The third kappa shape index (κ3) is 5.65. The molecule has 2 rings (SSSR count). The lowest BCUT2D eigenvalue weighted by Crippen LogP contribution is -2.32. The molecule has 30 heavy (non-hydrogen) atoms. The highest BCUT2D eigenvalue weighted by atomic mass is 32.2. The Morgan fingerprint density at radius 1 is 1.10 bits per heavy atom. The van der Waals surface area contributed by atoms with Crippen molar-refractivity contribution in [3.63, 3.8) is 0 Å². The molecule has 10 heteroatoms. The van der Waals surface area contributed by atoms with Gasteiger partial charge >= 0.3 is 5.97 Å². The van der Waals surface area contributed by atoms with Gasteiger partial charge < -0.3 is 4.74 Å². The van der Waals surface area contributed by atoms with E-state index >= 15 is 0 Å². The zero-order valence-corrected chi connectivity index (χ0v) is 19.2. The molecule has 0 saturated carbocycles. The van der Waals surface area contributed by atoms with Gasteiger partial charge in [-0.1, -0.05) is 25.2 Å². The first-order valence-electron chi connectivity index (χ1n) is 9.80. The molecule has 0 aliphatic rings. The van der Waals surface area contributed by atoms with Gasteiger partial charge in [0.15, 0.2) is 5.13 Å². The van der Waals surface area contributed by atoms with Crippen LogP contribution in [0.2, 0.25) is 0 Å². The first-order chi connectivity index (χ1) is 14.2. The number of anilines is 1. The number of thiazole rings is 1. The Labute approximate surface area is 181 Å². The maximum Gasteiger partial charge on any atom is 0.350 e. The van der Waals surface area contributed by atoms with Crippen molar-refractivity contribution in [2.75, 3.05) is 25.0 Å². The zero-order valence-electron chi connectivity index (χ0n) is 17.6. The van der Waals surface area contributed by atoms with Gasteiger partial charge in [-0.05, 0) is 51.0 Å². The van der Waals surface area contributed by atoms with E-state index in [0.29, 0.717) is 23.7 Å². The smallest absolute Gasteiger partial charge is 0.350 e. The number of amides is 1. The molecule has 0 aliphatic carbocycles. The van der Waals surface area contributed by atoms with E-state index in [0.717, 1.165) is 24.2 Å². The summed E-state index contributed by atoms with van der Waals surface area (Å²) in [5.41, 5.74) is 0.763. The van der Waals surface area contributed by atoms with E-state index in [2.05, 4.69) is 10.3 Å². The summed E-state index contributed by atoms with van der Waals surface area (Å²) < 4.78 is 32.1. The molecule has 0 unspecified atom stereocenters. The maximum absolute atomic E-state index is 12.8. The van der Waals surface area contributed by atoms with E-state index in [1.54, 1.807) is 13.8 Å². The molecule has 2 aromatic rings. The molecule has 0 fully saturated rings. The molecule has 1 heterocycles. The first kappa shape index (κ1) is 24.0. The van der Waals surface area contributed by atoms with Crippen molar-refractivity contribution in [3.8, 4) is 0 Å². The van der Waals surface area contributed by atoms with E-state index in [4.69, 9.17) is 4.74 Å². The maximum atomic E-state index is 12.8. The van der Waals surface area contributed by atoms with Crippen LogP contribution < -0.4 is 5.32 Å². The molecule has 1 aromatic heterocycles. The topological polar surface area (TPSA) is 106 Å². The number of ether oxygens (including phenoxy) is 1. The van der Waals surface area contributed by atoms with Crippen molar-refractivity contribution in [1.82, 2.24) is 9.29 Å². The van der Waals surface area contributed by atoms with Crippen LogP contribution in [0.15, 0.2) is 29.2 Å². The number of nitrogens with one attached hydrogen (secondary N) is 1. The van der Waals surface area contributed by atoms with Gasteiger partial charge in [-0.2, -0.15) is 4.31 Å². The lowest BCUT2D eigenvalue weighted by atomic mass is 10.2. The number of benzene rings is 1. The average Bonchev–Trinajstić information content (AvgIpc) is 3.08. The summed E-state index contributed by atoms with van der Waals surface area (Å²) in [6.07, 6.45) is 1.45. The van der Waals surface area contributed by atoms with E-state index in [1.807, 2.05) is 13.8 Å². The van der Waals surface area contributed by atoms with E-state index < -0.39 is 21.9 Å². The molecule has 1 aromatic carbocycles. The summed E-state index contributed by atoms with van der Waals surface area (Å²) in [5.74, 6) is -0.923. The summed E-state index contributed by atoms with van der Waals surface area (Å²) in [6, 6.07) is 5.79. The standard InChI is InChI=1S/C20H27N3O5S2/c1-5-12-23(13-6-2)30(26,27)16-10-8-15(9-11-16)18(24)22-20-21-14(4)17(29-20)19(25)28-7-3/h8-11H,5-7,12-13H2,1-4H3,(H,21,22,24). The summed E-state index contributed by atoms with van der Waals surface area (Å²) in [5, 5.41) is 2.91. The molecule has 1 amide bonds. The molecule has 0 spiro atoms. The van der Waals surface area contributed by atoms with Crippen LogP contribution in [0.3, 0.4) is 0 Å². The van der Waals surface area contributed by atoms with Crippen LogP contribution >= 0.6 is 11.3 Å². The number of sulfonamides is 1. The fraction of sp³-hybridized carbons (Fsp3) is 0.450. The number of aryl methyl sites for hydroxylation is 1. The minimum Gasteiger partial charge on any atom is -0.462 e. The van der Waals surface area contributed by atoms with Crippen molar-refractivity contribution in [2.45, 2.75) is 45.4 Å². The van der Waals surface area contributed by atoms with Crippen molar-refractivity contribution in [3.05, 3.63) is 40.4 Å².